The van der Waals surface area contributed by atoms with Crippen molar-refractivity contribution in [1.82, 2.24) is 19.7 Å². The van der Waals surface area contributed by atoms with Crippen LogP contribution in [0.3, 0.4) is 0 Å². The highest BCUT2D eigenvalue weighted by atomic mass is 16.2. The number of hydrogen-bond acceptors (Lipinski definition) is 6. The van der Waals surface area contributed by atoms with Gasteiger partial charge in [-0.05, 0) is 25.0 Å². The van der Waals surface area contributed by atoms with E-state index in [1.54, 1.807) is 12.4 Å². The van der Waals surface area contributed by atoms with Gasteiger partial charge in [-0.1, -0.05) is 12.8 Å². The number of anilines is 1. The van der Waals surface area contributed by atoms with E-state index >= 15 is 0 Å². The Labute approximate surface area is 152 Å². The van der Waals surface area contributed by atoms with Crippen LogP contribution in [-0.2, 0) is 9.59 Å². The van der Waals surface area contributed by atoms with Crippen LogP contribution in [0.4, 0.5) is 10.5 Å². The average molecular weight is 357 g/mol. The molecule has 2 saturated heterocycles. The summed E-state index contributed by atoms with van der Waals surface area (Å²) in [6.07, 6.45) is 7.17. The van der Waals surface area contributed by atoms with Crippen molar-refractivity contribution >= 4 is 23.5 Å². The molecule has 3 heterocycles. The Morgan fingerprint density at radius 2 is 1.58 bits per heavy atom. The van der Waals surface area contributed by atoms with E-state index < -0.39 is 17.8 Å². The average Bonchev–Trinajstić information content (AvgIpc) is 3.27. The van der Waals surface area contributed by atoms with Gasteiger partial charge in [-0.15, -0.1) is 0 Å². The zero-order chi connectivity index (χ0) is 18.1. The molecule has 1 saturated carbocycles. The highest BCUT2D eigenvalue weighted by molar-refractivity contribution is 6.44. The van der Waals surface area contributed by atoms with E-state index in [1.165, 1.54) is 4.90 Å². The van der Waals surface area contributed by atoms with E-state index in [-0.39, 0.29) is 12.7 Å². The number of imide groups is 2. The first-order valence-electron chi connectivity index (χ1n) is 9.21. The number of amides is 4. The molecule has 0 N–H and O–H groups in total. The van der Waals surface area contributed by atoms with Crippen molar-refractivity contribution in [3.05, 3.63) is 24.5 Å². The van der Waals surface area contributed by atoms with Crippen molar-refractivity contribution in [2.24, 2.45) is 0 Å². The largest absolute Gasteiger partial charge is 0.369 e. The monoisotopic (exact) mass is 357 g/mol. The maximum Gasteiger partial charge on any atom is 0.335 e. The molecular formula is C18H23N5O3. The number of pyridine rings is 1. The van der Waals surface area contributed by atoms with Gasteiger partial charge in [-0.2, -0.15) is 0 Å². The zero-order valence-corrected chi connectivity index (χ0v) is 14.7. The molecule has 0 unspecified atom stereocenters. The van der Waals surface area contributed by atoms with Crippen LogP contribution in [0.2, 0.25) is 0 Å². The third-order valence-electron chi connectivity index (χ3n) is 5.52. The lowest BCUT2D eigenvalue weighted by molar-refractivity contribution is -0.144. The van der Waals surface area contributed by atoms with Crippen LogP contribution in [0.1, 0.15) is 25.7 Å². The van der Waals surface area contributed by atoms with Crippen LogP contribution in [0.5, 0.6) is 0 Å². The van der Waals surface area contributed by atoms with E-state index in [0.717, 1.165) is 62.4 Å². The van der Waals surface area contributed by atoms with Gasteiger partial charge in [0.1, 0.15) is 0 Å². The van der Waals surface area contributed by atoms with Crippen molar-refractivity contribution in [3.8, 4) is 0 Å². The zero-order valence-electron chi connectivity index (χ0n) is 14.7. The second-order valence-electron chi connectivity index (χ2n) is 7.08. The predicted molar refractivity (Wildman–Crippen MR) is 94.2 cm³/mol. The molecule has 138 valence electrons. The second-order valence-corrected chi connectivity index (χ2v) is 7.08. The van der Waals surface area contributed by atoms with E-state index in [9.17, 15) is 14.4 Å². The Balaban J connectivity index is 1.36. The summed E-state index contributed by atoms with van der Waals surface area (Å²) in [5, 5.41) is 0. The summed E-state index contributed by atoms with van der Waals surface area (Å²) in [6.45, 7) is 3.27. The molecule has 1 aliphatic carbocycles. The van der Waals surface area contributed by atoms with Crippen LogP contribution in [0.15, 0.2) is 24.5 Å². The van der Waals surface area contributed by atoms with Crippen molar-refractivity contribution in [2.75, 3.05) is 37.7 Å². The topological polar surface area (TPSA) is 77.1 Å². The van der Waals surface area contributed by atoms with Crippen molar-refractivity contribution in [2.45, 2.75) is 31.7 Å². The molecule has 0 radical (unpaired) electrons. The quantitative estimate of drug-likeness (QED) is 0.588. The molecule has 0 bridgehead atoms. The van der Waals surface area contributed by atoms with Gasteiger partial charge >= 0.3 is 17.8 Å². The van der Waals surface area contributed by atoms with Gasteiger partial charge in [0, 0.05) is 50.3 Å². The van der Waals surface area contributed by atoms with Gasteiger partial charge in [0.2, 0.25) is 0 Å². The number of aromatic nitrogens is 1. The smallest absolute Gasteiger partial charge is 0.335 e. The minimum atomic E-state index is -0.682. The fourth-order valence-corrected chi connectivity index (χ4v) is 4.03. The van der Waals surface area contributed by atoms with Gasteiger partial charge in [-0.25, -0.2) is 9.69 Å². The van der Waals surface area contributed by atoms with Crippen molar-refractivity contribution in [3.63, 3.8) is 0 Å². The molecule has 0 aromatic carbocycles. The number of carbonyl (C=O) groups excluding carboxylic acids is 3. The molecule has 2 aliphatic heterocycles. The van der Waals surface area contributed by atoms with Crippen molar-refractivity contribution in [1.29, 1.82) is 0 Å². The van der Waals surface area contributed by atoms with Gasteiger partial charge in [0.15, 0.2) is 0 Å². The Hall–Kier alpha value is -2.48. The predicted octanol–water partition coefficient (Wildman–Crippen LogP) is 0.894. The fourth-order valence-electron chi connectivity index (χ4n) is 4.03. The molecule has 4 amide bonds. The summed E-state index contributed by atoms with van der Waals surface area (Å²) < 4.78 is 0. The number of carbonyl (C=O) groups is 3. The first kappa shape index (κ1) is 17.0. The molecular weight excluding hydrogens is 334 g/mol. The summed E-state index contributed by atoms with van der Waals surface area (Å²) in [7, 11) is 0. The highest BCUT2D eigenvalue weighted by Crippen LogP contribution is 2.28. The minimum absolute atomic E-state index is 0.104. The summed E-state index contributed by atoms with van der Waals surface area (Å²) in [5.74, 6) is -1.34. The Bertz CT molecular complexity index is 696. The molecule has 8 heteroatoms. The van der Waals surface area contributed by atoms with Gasteiger partial charge in [0.25, 0.3) is 0 Å². The third-order valence-corrected chi connectivity index (χ3v) is 5.52. The summed E-state index contributed by atoms with van der Waals surface area (Å²) in [6, 6.07) is 3.40. The van der Waals surface area contributed by atoms with Crippen molar-refractivity contribution < 1.29 is 14.4 Å². The van der Waals surface area contributed by atoms with Gasteiger partial charge in [-0.3, -0.25) is 24.4 Å². The molecule has 26 heavy (non-hydrogen) atoms. The normalized spacial score (nSPS) is 22.8. The maximum atomic E-state index is 12.6. The van der Waals surface area contributed by atoms with Gasteiger partial charge < -0.3 is 4.90 Å². The van der Waals surface area contributed by atoms with Crippen LogP contribution >= 0.6 is 0 Å². The van der Waals surface area contributed by atoms with E-state index in [2.05, 4.69) is 14.8 Å². The molecule has 0 atom stereocenters. The lowest BCUT2D eigenvalue weighted by Crippen LogP contribution is -2.51. The Morgan fingerprint density at radius 1 is 0.923 bits per heavy atom. The third kappa shape index (κ3) is 3.05. The number of nitrogens with zero attached hydrogens (tertiary/aromatic N) is 5. The molecule has 1 aromatic heterocycles. The SMILES string of the molecule is O=C1C(=O)N(C2CCCC2)C(=O)N1CN1CCN(c2ccncc2)CC1. The van der Waals surface area contributed by atoms with Crippen LogP contribution < -0.4 is 4.90 Å². The van der Waals surface area contributed by atoms with Gasteiger partial charge in [0.05, 0.1) is 6.67 Å². The first-order chi connectivity index (χ1) is 12.6. The molecule has 3 aliphatic rings. The molecule has 4 rings (SSSR count). The fraction of sp³-hybridized carbons (Fsp3) is 0.556. The lowest BCUT2D eigenvalue weighted by Gasteiger charge is -2.37. The highest BCUT2D eigenvalue weighted by Gasteiger charge is 2.48. The maximum absolute atomic E-state index is 12.6. The number of urea groups is 1. The van der Waals surface area contributed by atoms with Crippen LogP contribution in [0, 0.1) is 0 Å². The molecule has 1 aromatic rings. The summed E-state index contributed by atoms with van der Waals surface area (Å²) in [4.78, 5) is 47.9. The van der Waals surface area contributed by atoms with Crippen LogP contribution in [-0.4, -0.2) is 76.4 Å². The lowest BCUT2D eigenvalue weighted by atomic mass is 10.2. The van der Waals surface area contributed by atoms with E-state index in [4.69, 9.17) is 0 Å². The summed E-state index contributed by atoms with van der Waals surface area (Å²) in [5.41, 5.74) is 1.12. The Morgan fingerprint density at radius 3 is 2.23 bits per heavy atom. The molecule has 3 fully saturated rings. The van der Waals surface area contributed by atoms with Crippen LogP contribution in [0.25, 0.3) is 0 Å². The first-order valence-corrected chi connectivity index (χ1v) is 9.21. The Kier molecular flexibility index (Phi) is 4.58. The molecule has 0 spiro atoms. The number of rotatable bonds is 4. The second kappa shape index (κ2) is 7.03. The number of piperazine rings is 1. The molecule has 8 nitrogen and oxygen atoms in total. The standard InChI is InChI=1S/C18H23N5O3/c24-16-17(25)23(15-3-1-2-4-15)18(26)22(16)13-20-9-11-21(12-10-20)14-5-7-19-8-6-14/h5-8,15H,1-4,9-13H2. The minimum Gasteiger partial charge on any atom is -0.369 e. The van der Waals surface area contributed by atoms with E-state index in [0.29, 0.717) is 0 Å². The van der Waals surface area contributed by atoms with E-state index in [1.807, 2.05) is 12.1 Å². The number of hydrogen-bond donors (Lipinski definition) is 0. The summed E-state index contributed by atoms with van der Waals surface area (Å²) >= 11 is 0.